The molecular formula is C33H42N6O4. The zero-order valence-electron chi connectivity index (χ0n) is 25.3. The van der Waals surface area contributed by atoms with E-state index in [0.717, 1.165) is 38.7 Å². The zero-order chi connectivity index (χ0) is 31.0. The van der Waals surface area contributed by atoms with E-state index >= 15 is 0 Å². The molecule has 0 radical (unpaired) electrons. The van der Waals surface area contributed by atoms with Gasteiger partial charge in [-0.2, -0.15) is 5.10 Å². The molecule has 1 aromatic carbocycles. The molecule has 1 aliphatic heterocycles. The molecule has 0 fully saturated rings. The highest BCUT2D eigenvalue weighted by Crippen LogP contribution is 2.43. The van der Waals surface area contributed by atoms with Crippen LogP contribution in [0.1, 0.15) is 42.0 Å². The van der Waals surface area contributed by atoms with Crippen molar-refractivity contribution in [1.29, 1.82) is 0 Å². The van der Waals surface area contributed by atoms with Crippen molar-refractivity contribution in [3.63, 3.8) is 0 Å². The maximum atomic E-state index is 12.9. The van der Waals surface area contributed by atoms with E-state index in [1.807, 2.05) is 44.2 Å². The predicted octanol–water partition coefficient (Wildman–Crippen LogP) is 4.07. The van der Waals surface area contributed by atoms with Crippen LogP contribution in [0.2, 0.25) is 0 Å². The van der Waals surface area contributed by atoms with Crippen LogP contribution in [0.4, 0.5) is 5.82 Å². The number of nitrogens with two attached hydrogens (primary N) is 1. The van der Waals surface area contributed by atoms with E-state index in [2.05, 4.69) is 33.7 Å². The number of hydrogen-bond donors (Lipinski definition) is 3. The summed E-state index contributed by atoms with van der Waals surface area (Å²) < 4.78 is 11.3. The summed E-state index contributed by atoms with van der Waals surface area (Å²) in [6, 6.07) is 5.42. The minimum absolute atomic E-state index is 0.0537. The summed E-state index contributed by atoms with van der Waals surface area (Å²) in [5, 5.41) is 11.0. The van der Waals surface area contributed by atoms with Gasteiger partial charge in [-0.05, 0) is 55.0 Å². The second-order valence-electron chi connectivity index (χ2n) is 11.0. The fraction of sp³-hybridized carbons (Fsp3) is 0.394. The van der Waals surface area contributed by atoms with Crippen LogP contribution in [0.25, 0.3) is 17.0 Å². The van der Waals surface area contributed by atoms with E-state index in [9.17, 15) is 9.59 Å². The number of aromatic amines is 1. The van der Waals surface area contributed by atoms with Crippen LogP contribution in [-0.2, 0) is 30.9 Å². The molecule has 0 spiro atoms. The Morgan fingerprint density at radius 3 is 2.77 bits per heavy atom. The Labute approximate surface area is 253 Å². The Balaban J connectivity index is 1.15. The number of aryl methyl sites for hydroxylation is 1. The van der Waals surface area contributed by atoms with Crippen LogP contribution < -0.4 is 11.1 Å². The number of likely N-dealkylation sites (N-methyl/N-ethyl adjacent to an activating group) is 1. The van der Waals surface area contributed by atoms with Crippen molar-refractivity contribution in [3.05, 3.63) is 83.7 Å². The number of nitrogens with zero attached hydrogens (tertiary/aromatic N) is 3. The number of H-pyrrole nitrogens is 1. The van der Waals surface area contributed by atoms with Crippen molar-refractivity contribution in [2.24, 2.45) is 5.73 Å². The van der Waals surface area contributed by atoms with Gasteiger partial charge in [0.25, 0.3) is 0 Å². The number of hydrogen-bond acceptors (Lipinski definition) is 7. The van der Waals surface area contributed by atoms with Gasteiger partial charge in [-0.25, -0.2) is 4.98 Å². The first kappa shape index (κ1) is 31.8. The number of ether oxygens (including phenoxy) is 2. The number of fused-ring (bicyclic) bond motifs is 2. The third-order valence-corrected chi connectivity index (χ3v) is 7.93. The fourth-order valence-corrected chi connectivity index (χ4v) is 5.42. The van der Waals surface area contributed by atoms with E-state index in [4.69, 9.17) is 15.2 Å². The minimum Gasteiger partial charge on any atom is -0.377 e. The molecule has 228 valence electrons. The number of aromatic nitrogens is 3. The van der Waals surface area contributed by atoms with Crippen LogP contribution in [0.5, 0.6) is 0 Å². The summed E-state index contributed by atoms with van der Waals surface area (Å²) in [4.78, 5) is 31.7. The first-order valence-electron chi connectivity index (χ1n) is 14.6. The highest BCUT2D eigenvalue weighted by molar-refractivity contribution is 6.05. The van der Waals surface area contributed by atoms with Crippen LogP contribution in [0, 0.1) is 6.92 Å². The molecule has 3 heterocycles. The summed E-state index contributed by atoms with van der Waals surface area (Å²) in [7, 11) is 1.73. The van der Waals surface area contributed by atoms with Crippen LogP contribution >= 0.6 is 0 Å². The molecule has 4 N–H and O–H groups in total. The summed E-state index contributed by atoms with van der Waals surface area (Å²) in [5.74, 6) is 0.422. The van der Waals surface area contributed by atoms with Gasteiger partial charge in [-0.15, -0.1) is 0 Å². The lowest BCUT2D eigenvalue weighted by molar-refractivity contribution is -0.132. The van der Waals surface area contributed by atoms with Crippen LogP contribution in [0.3, 0.4) is 0 Å². The molecule has 43 heavy (non-hydrogen) atoms. The Kier molecular flexibility index (Phi) is 10.6. The molecule has 3 aromatic rings. The van der Waals surface area contributed by atoms with Crippen molar-refractivity contribution in [2.45, 2.75) is 44.6 Å². The Bertz CT molecular complexity index is 1510. The number of carbonyl (C=O) groups excluding carboxylic acids is 2. The Morgan fingerprint density at radius 1 is 1.21 bits per heavy atom. The van der Waals surface area contributed by atoms with Crippen molar-refractivity contribution in [2.75, 3.05) is 45.3 Å². The average molecular weight is 587 g/mol. The maximum Gasteiger partial charge on any atom is 0.239 e. The fourth-order valence-electron chi connectivity index (χ4n) is 5.42. The van der Waals surface area contributed by atoms with E-state index in [1.165, 1.54) is 0 Å². The van der Waals surface area contributed by atoms with Gasteiger partial charge >= 0.3 is 0 Å². The predicted molar refractivity (Wildman–Crippen MR) is 170 cm³/mol. The normalized spacial score (nSPS) is 16.8. The molecule has 0 saturated heterocycles. The number of nitrogens with one attached hydrogen (secondary N) is 2. The van der Waals surface area contributed by atoms with Gasteiger partial charge in [0.05, 0.1) is 49.6 Å². The summed E-state index contributed by atoms with van der Waals surface area (Å²) in [6.45, 7) is 13.9. The number of anilines is 1. The molecule has 2 aromatic heterocycles. The topological polar surface area (TPSA) is 135 Å². The molecular weight excluding hydrogens is 544 g/mol. The maximum absolute atomic E-state index is 12.9. The number of rotatable bonds is 16. The van der Waals surface area contributed by atoms with Gasteiger partial charge in [-0.1, -0.05) is 49.9 Å². The number of allylic oxidation sites excluding steroid dienone is 2. The highest BCUT2D eigenvalue weighted by Gasteiger charge is 2.46. The van der Waals surface area contributed by atoms with Gasteiger partial charge < -0.3 is 25.4 Å². The number of pyridine rings is 1. The number of carbonyl (C=O) groups is 2. The second-order valence-corrected chi connectivity index (χ2v) is 11.0. The smallest absolute Gasteiger partial charge is 0.239 e. The van der Waals surface area contributed by atoms with Crippen molar-refractivity contribution in [3.8, 4) is 0 Å². The number of benzene rings is 1. The largest absolute Gasteiger partial charge is 0.377 e. The van der Waals surface area contributed by atoms with Crippen molar-refractivity contribution in [1.82, 2.24) is 20.1 Å². The lowest BCUT2D eigenvalue weighted by atomic mass is 9.74. The molecule has 0 bridgehead atoms. The molecule has 2 atom stereocenters. The number of amides is 2. The quantitative estimate of drug-likeness (QED) is 0.170. The highest BCUT2D eigenvalue weighted by atomic mass is 16.5. The van der Waals surface area contributed by atoms with Crippen molar-refractivity contribution < 1.29 is 19.1 Å². The SMILES string of the molecule is C=CC(=C)C[C@@]1(CC)C(=O)Nc2ncc(/C=C/COCCOCCN(C)C(=O)[C@H](N)Cc3cc(C)c4[nH]ncc4c3)cc21. The summed E-state index contributed by atoms with van der Waals surface area (Å²) in [5.41, 5.74) is 11.2. The average Bonchev–Trinajstić information content (AvgIpc) is 3.58. The lowest BCUT2D eigenvalue weighted by Crippen LogP contribution is -2.44. The molecule has 1 aliphatic rings. The minimum atomic E-state index is -0.691. The first-order chi connectivity index (χ1) is 20.7. The molecule has 0 aliphatic carbocycles. The lowest BCUT2D eigenvalue weighted by Gasteiger charge is -2.26. The van der Waals surface area contributed by atoms with Gasteiger partial charge in [0, 0.05) is 30.7 Å². The molecule has 0 unspecified atom stereocenters. The summed E-state index contributed by atoms with van der Waals surface area (Å²) in [6.07, 6.45) is 10.6. The third kappa shape index (κ3) is 7.45. The van der Waals surface area contributed by atoms with E-state index in [-0.39, 0.29) is 11.8 Å². The van der Waals surface area contributed by atoms with E-state index in [0.29, 0.717) is 58.1 Å². The zero-order valence-corrected chi connectivity index (χ0v) is 25.3. The van der Waals surface area contributed by atoms with E-state index < -0.39 is 11.5 Å². The summed E-state index contributed by atoms with van der Waals surface area (Å²) >= 11 is 0. The van der Waals surface area contributed by atoms with Gasteiger partial charge in [0.1, 0.15) is 5.82 Å². The molecule has 0 saturated carbocycles. The Morgan fingerprint density at radius 2 is 2.00 bits per heavy atom. The van der Waals surface area contributed by atoms with Crippen molar-refractivity contribution >= 4 is 34.6 Å². The Hall–Kier alpha value is -4.12. The van der Waals surface area contributed by atoms with Crippen LogP contribution in [0.15, 0.2) is 61.5 Å². The van der Waals surface area contributed by atoms with Gasteiger partial charge in [0.15, 0.2) is 0 Å². The standard InChI is InChI=1S/C33H42N6O4/c1-6-22(3)19-33(7-2)27-17-24(20-35-30(27)37-32(33)41)9-8-11-42-13-14-43-12-10-39(5)31(40)28(34)18-25-15-23(4)29-26(16-25)21-36-38-29/h6,8-9,15-17,20-21,28H,1,3,7,10-14,18-19,34H2,2,4-5H3,(H,36,38)(H,35,37,41)/b9-8+/t28-,33-/m1/s1. The molecule has 4 rings (SSSR count). The monoisotopic (exact) mass is 586 g/mol. The third-order valence-electron chi connectivity index (χ3n) is 7.93. The van der Waals surface area contributed by atoms with Gasteiger partial charge in [-0.3, -0.25) is 14.7 Å². The van der Waals surface area contributed by atoms with Gasteiger partial charge in [0.2, 0.25) is 11.8 Å². The molecule has 10 nitrogen and oxygen atoms in total. The molecule has 2 amide bonds. The molecule has 10 heteroatoms. The van der Waals surface area contributed by atoms with Crippen LogP contribution in [-0.4, -0.2) is 78.0 Å². The first-order valence-corrected chi connectivity index (χ1v) is 14.6. The second kappa shape index (κ2) is 14.4. The van der Waals surface area contributed by atoms with E-state index in [1.54, 1.807) is 30.4 Å².